The van der Waals surface area contributed by atoms with Crippen molar-refractivity contribution in [2.24, 2.45) is 7.05 Å². The highest BCUT2D eigenvalue weighted by molar-refractivity contribution is 5.89. The lowest BCUT2D eigenvalue weighted by molar-refractivity contribution is 0.252. The molecule has 7 heteroatoms. The first-order valence-corrected chi connectivity index (χ1v) is 7.48. The Hall–Kier alpha value is -2.57. The molecule has 23 heavy (non-hydrogen) atoms. The van der Waals surface area contributed by atoms with Crippen LogP contribution in [0.15, 0.2) is 12.1 Å². The van der Waals surface area contributed by atoms with Crippen molar-refractivity contribution in [3.8, 4) is 5.75 Å². The molecule has 0 aliphatic heterocycles. The van der Waals surface area contributed by atoms with Gasteiger partial charge in [0, 0.05) is 25.0 Å². The largest absolute Gasteiger partial charge is 0.493 e. The van der Waals surface area contributed by atoms with Gasteiger partial charge in [-0.25, -0.2) is 9.78 Å². The van der Waals surface area contributed by atoms with Crippen molar-refractivity contribution in [2.75, 3.05) is 19.0 Å². The van der Waals surface area contributed by atoms with Crippen LogP contribution in [0, 0.1) is 20.8 Å². The van der Waals surface area contributed by atoms with Gasteiger partial charge in [-0.05, 0) is 44.9 Å². The van der Waals surface area contributed by atoms with Crippen molar-refractivity contribution in [1.29, 1.82) is 0 Å². The summed E-state index contributed by atoms with van der Waals surface area (Å²) < 4.78 is 7.05. The van der Waals surface area contributed by atoms with Crippen molar-refractivity contribution in [2.45, 2.75) is 27.2 Å². The standard InChI is InChI=1S/C16H23N5O2/c1-10-6-7-14(23-5)15(18-10)19-16(22)17-9-8-13-11(2)20-21(4)12(13)3/h6-7H,8-9H2,1-5H3,(H2,17,18,19,22). The summed E-state index contributed by atoms with van der Waals surface area (Å²) in [6, 6.07) is 3.30. The summed E-state index contributed by atoms with van der Waals surface area (Å²) in [6.07, 6.45) is 0.733. The van der Waals surface area contributed by atoms with Crippen LogP contribution in [0.1, 0.15) is 22.6 Å². The smallest absolute Gasteiger partial charge is 0.320 e. The van der Waals surface area contributed by atoms with E-state index in [1.165, 1.54) is 5.56 Å². The third-order valence-corrected chi connectivity index (χ3v) is 3.77. The molecule has 0 saturated carbocycles. The number of aryl methyl sites for hydroxylation is 3. The predicted molar refractivity (Wildman–Crippen MR) is 88.9 cm³/mol. The molecule has 0 saturated heterocycles. The van der Waals surface area contributed by atoms with E-state index >= 15 is 0 Å². The lowest BCUT2D eigenvalue weighted by Crippen LogP contribution is -2.31. The summed E-state index contributed by atoms with van der Waals surface area (Å²) in [7, 11) is 3.46. The summed E-state index contributed by atoms with van der Waals surface area (Å²) >= 11 is 0. The zero-order valence-corrected chi connectivity index (χ0v) is 14.2. The topological polar surface area (TPSA) is 81.1 Å². The molecule has 0 bridgehead atoms. The molecule has 2 aromatic rings. The van der Waals surface area contributed by atoms with Crippen LogP contribution in [0.25, 0.3) is 0 Å². The summed E-state index contributed by atoms with van der Waals surface area (Å²) in [5.41, 5.74) is 4.09. The Morgan fingerprint density at radius 1 is 1.30 bits per heavy atom. The van der Waals surface area contributed by atoms with Gasteiger partial charge in [-0.1, -0.05) is 0 Å². The SMILES string of the molecule is COc1ccc(C)nc1NC(=O)NCCc1c(C)nn(C)c1C. The van der Waals surface area contributed by atoms with Crippen molar-refractivity contribution < 1.29 is 9.53 Å². The number of carbonyl (C=O) groups is 1. The van der Waals surface area contributed by atoms with Gasteiger partial charge in [-0.3, -0.25) is 10.00 Å². The van der Waals surface area contributed by atoms with Gasteiger partial charge in [0.05, 0.1) is 12.8 Å². The molecule has 0 aromatic carbocycles. The third-order valence-electron chi connectivity index (χ3n) is 3.77. The fraction of sp³-hybridized carbons (Fsp3) is 0.438. The van der Waals surface area contributed by atoms with E-state index in [9.17, 15) is 4.79 Å². The van der Waals surface area contributed by atoms with E-state index in [-0.39, 0.29) is 6.03 Å². The highest BCUT2D eigenvalue weighted by Crippen LogP contribution is 2.21. The first-order chi connectivity index (χ1) is 10.9. The van der Waals surface area contributed by atoms with Crippen LogP contribution in [0.5, 0.6) is 5.75 Å². The molecule has 0 aliphatic rings. The number of methoxy groups -OCH3 is 1. The number of nitrogens with one attached hydrogen (secondary N) is 2. The van der Waals surface area contributed by atoms with Gasteiger partial charge in [0.2, 0.25) is 0 Å². The Balaban J connectivity index is 1.92. The van der Waals surface area contributed by atoms with E-state index in [0.29, 0.717) is 18.1 Å². The minimum absolute atomic E-state index is 0.305. The minimum atomic E-state index is -0.305. The molecule has 2 N–H and O–H groups in total. The lowest BCUT2D eigenvalue weighted by atomic mass is 10.1. The quantitative estimate of drug-likeness (QED) is 0.885. The molecule has 0 unspecified atom stereocenters. The van der Waals surface area contributed by atoms with Gasteiger partial charge in [0.1, 0.15) is 0 Å². The molecular weight excluding hydrogens is 294 g/mol. The molecule has 2 rings (SSSR count). The molecule has 2 heterocycles. The summed E-state index contributed by atoms with van der Waals surface area (Å²) in [5.74, 6) is 0.948. The first kappa shape index (κ1) is 16.8. The molecule has 2 amide bonds. The zero-order valence-electron chi connectivity index (χ0n) is 14.2. The van der Waals surface area contributed by atoms with Crippen molar-refractivity contribution >= 4 is 11.8 Å². The maximum Gasteiger partial charge on any atom is 0.320 e. The van der Waals surface area contributed by atoms with E-state index in [4.69, 9.17) is 4.74 Å². The number of anilines is 1. The number of pyridine rings is 1. The Kier molecular flexibility index (Phi) is 5.20. The van der Waals surface area contributed by atoms with Gasteiger partial charge in [0.25, 0.3) is 0 Å². The predicted octanol–water partition coefficient (Wildman–Crippen LogP) is 2.11. The van der Waals surface area contributed by atoms with Crippen molar-refractivity contribution in [1.82, 2.24) is 20.1 Å². The molecule has 0 atom stereocenters. The fourth-order valence-corrected chi connectivity index (χ4v) is 2.43. The number of urea groups is 1. The minimum Gasteiger partial charge on any atom is -0.493 e. The summed E-state index contributed by atoms with van der Waals surface area (Å²) in [5, 5.41) is 9.92. The molecule has 124 valence electrons. The molecule has 0 fully saturated rings. The Morgan fingerprint density at radius 2 is 2.04 bits per heavy atom. The van der Waals surface area contributed by atoms with Gasteiger partial charge in [-0.2, -0.15) is 5.10 Å². The number of hydrogen-bond acceptors (Lipinski definition) is 4. The first-order valence-electron chi connectivity index (χ1n) is 7.48. The number of rotatable bonds is 5. The average Bonchev–Trinajstić information content (AvgIpc) is 2.73. The average molecular weight is 317 g/mol. The van der Waals surface area contributed by atoms with Crippen LogP contribution in [-0.2, 0) is 13.5 Å². The molecule has 0 aliphatic carbocycles. The Bertz CT molecular complexity index is 709. The van der Waals surface area contributed by atoms with Crippen LogP contribution < -0.4 is 15.4 Å². The number of amides is 2. The molecular formula is C16H23N5O2. The van der Waals surface area contributed by atoms with Crippen LogP contribution in [0.2, 0.25) is 0 Å². The summed E-state index contributed by atoms with van der Waals surface area (Å²) in [4.78, 5) is 16.3. The number of carbonyl (C=O) groups excluding carboxylic acids is 1. The van der Waals surface area contributed by atoms with Crippen molar-refractivity contribution in [3.05, 3.63) is 34.8 Å². The zero-order chi connectivity index (χ0) is 17.0. The third kappa shape index (κ3) is 4.00. The van der Waals surface area contributed by atoms with E-state index < -0.39 is 0 Å². The van der Waals surface area contributed by atoms with E-state index in [1.54, 1.807) is 13.2 Å². The van der Waals surface area contributed by atoms with Gasteiger partial charge in [0.15, 0.2) is 11.6 Å². The Morgan fingerprint density at radius 3 is 2.65 bits per heavy atom. The van der Waals surface area contributed by atoms with Crippen LogP contribution in [-0.4, -0.2) is 34.5 Å². The monoisotopic (exact) mass is 317 g/mol. The maximum atomic E-state index is 12.0. The lowest BCUT2D eigenvalue weighted by Gasteiger charge is -2.11. The fourth-order valence-electron chi connectivity index (χ4n) is 2.43. The van der Waals surface area contributed by atoms with Crippen LogP contribution in [0.3, 0.4) is 0 Å². The highest BCUT2D eigenvalue weighted by Gasteiger charge is 2.11. The number of hydrogen-bond donors (Lipinski definition) is 2. The second kappa shape index (κ2) is 7.13. The second-order valence-corrected chi connectivity index (χ2v) is 5.41. The molecule has 0 radical (unpaired) electrons. The van der Waals surface area contributed by atoms with E-state index in [2.05, 4.69) is 20.7 Å². The van der Waals surface area contributed by atoms with E-state index in [1.807, 2.05) is 38.6 Å². The highest BCUT2D eigenvalue weighted by atomic mass is 16.5. The summed E-state index contributed by atoms with van der Waals surface area (Å²) in [6.45, 7) is 6.38. The molecule has 0 spiro atoms. The van der Waals surface area contributed by atoms with Gasteiger partial charge < -0.3 is 10.1 Å². The second-order valence-electron chi connectivity index (χ2n) is 5.41. The van der Waals surface area contributed by atoms with Gasteiger partial charge in [-0.15, -0.1) is 0 Å². The molecule has 2 aromatic heterocycles. The Labute approximate surface area is 136 Å². The van der Waals surface area contributed by atoms with Crippen LogP contribution in [0.4, 0.5) is 10.6 Å². The van der Waals surface area contributed by atoms with Crippen LogP contribution >= 0.6 is 0 Å². The molecule has 7 nitrogen and oxygen atoms in total. The van der Waals surface area contributed by atoms with Gasteiger partial charge >= 0.3 is 6.03 Å². The number of aromatic nitrogens is 3. The number of nitrogens with zero attached hydrogens (tertiary/aromatic N) is 3. The van der Waals surface area contributed by atoms with E-state index in [0.717, 1.165) is 23.5 Å². The maximum absolute atomic E-state index is 12.0. The normalized spacial score (nSPS) is 10.5. The number of ether oxygens (including phenoxy) is 1. The van der Waals surface area contributed by atoms with Crippen molar-refractivity contribution in [3.63, 3.8) is 0 Å².